The molecule has 3 nitrogen and oxygen atoms in total. The number of para-hydroxylation sites is 1. The number of hydrogen-bond acceptors (Lipinski definition) is 3. The number of aliphatic hydroxyl groups is 1. The highest BCUT2D eigenvalue weighted by Gasteiger charge is 2.56. The lowest BCUT2D eigenvalue weighted by Gasteiger charge is -2.45. The minimum absolute atomic E-state index is 0.130. The van der Waals surface area contributed by atoms with Crippen LogP contribution in [0.5, 0.6) is 5.75 Å². The fourth-order valence-electron chi connectivity index (χ4n) is 2.62. The van der Waals surface area contributed by atoms with Crippen molar-refractivity contribution < 1.29 is 14.6 Å². The van der Waals surface area contributed by atoms with Crippen LogP contribution in [-0.4, -0.2) is 10.9 Å². The molecule has 1 aliphatic rings. The van der Waals surface area contributed by atoms with E-state index in [1.807, 2.05) is 12.1 Å². The predicted octanol–water partition coefficient (Wildman–Crippen LogP) is 3.90. The molecular formula is C17H15BrO3. The van der Waals surface area contributed by atoms with Gasteiger partial charge in [0.25, 0.3) is 0 Å². The van der Waals surface area contributed by atoms with E-state index in [1.165, 1.54) is 0 Å². The average Bonchev–Trinajstić information content (AvgIpc) is 2.46. The van der Waals surface area contributed by atoms with Gasteiger partial charge in [0.05, 0.1) is 11.0 Å². The summed E-state index contributed by atoms with van der Waals surface area (Å²) in [5.74, 6) is -1.42. The van der Waals surface area contributed by atoms with Crippen LogP contribution in [0.25, 0.3) is 0 Å². The molecule has 0 saturated heterocycles. The number of ketones is 1. The second-order valence-electron chi connectivity index (χ2n) is 5.70. The highest BCUT2D eigenvalue weighted by atomic mass is 79.9. The number of benzene rings is 2. The zero-order valence-electron chi connectivity index (χ0n) is 11.8. The standard InChI is InChI=1S/C17H15BrO3/c1-16(2)15(19)13-5-3-4-6-14(13)21-17(16,20)11-7-9-12(18)10-8-11/h3-10,20H,1-2H3. The average molecular weight is 347 g/mol. The summed E-state index contributed by atoms with van der Waals surface area (Å²) in [7, 11) is 0. The monoisotopic (exact) mass is 346 g/mol. The van der Waals surface area contributed by atoms with Crippen molar-refractivity contribution in [3.63, 3.8) is 0 Å². The quantitative estimate of drug-likeness (QED) is 0.851. The van der Waals surface area contributed by atoms with Gasteiger partial charge in [-0.05, 0) is 38.1 Å². The fraction of sp³-hybridized carbons (Fsp3) is 0.235. The number of Topliss-reactive ketones (excluding diaryl/α,β-unsaturated/α-hetero) is 1. The number of ether oxygens (including phenoxy) is 1. The fourth-order valence-corrected chi connectivity index (χ4v) is 2.88. The van der Waals surface area contributed by atoms with Gasteiger partial charge in [-0.2, -0.15) is 0 Å². The third-order valence-electron chi connectivity index (χ3n) is 4.04. The SMILES string of the molecule is CC1(C)C(=O)c2ccccc2OC1(O)c1ccc(Br)cc1. The summed E-state index contributed by atoms with van der Waals surface area (Å²) in [4.78, 5) is 12.7. The normalized spacial score (nSPS) is 23.3. The predicted molar refractivity (Wildman–Crippen MR) is 83.2 cm³/mol. The first-order valence-corrected chi connectivity index (χ1v) is 7.47. The third kappa shape index (κ3) is 2.01. The van der Waals surface area contributed by atoms with E-state index in [1.54, 1.807) is 50.2 Å². The smallest absolute Gasteiger partial charge is 0.247 e. The lowest BCUT2D eigenvalue weighted by Crippen LogP contribution is -2.54. The van der Waals surface area contributed by atoms with Gasteiger partial charge in [-0.1, -0.05) is 40.2 Å². The van der Waals surface area contributed by atoms with E-state index in [9.17, 15) is 9.90 Å². The zero-order chi connectivity index (χ0) is 15.3. The summed E-state index contributed by atoms with van der Waals surface area (Å²) in [6.45, 7) is 3.40. The maximum atomic E-state index is 12.7. The van der Waals surface area contributed by atoms with Gasteiger partial charge in [0.15, 0.2) is 5.78 Å². The van der Waals surface area contributed by atoms with Crippen molar-refractivity contribution in [2.45, 2.75) is 19.6 Å². The second kappa shape index (κ2) is 4.68. The van der Waals surface area contributed by atoms with Crippen LogP contribution in [0, 0.1) is 5.41 Å². The van der Waals surface area contributed by atoms with Crippen LogP contribution in [0.1, 0.15) is 29.8 Å². The molecule has 1 aliphatic heterocycles. The molecule has 0 aliphatic carbocycles. The van der Waals surface area contributed by atoms with Crippen LogP contribution in [-0.2, 0) is 5.79 Å². The van der Waals surface area contributed by atoms with Gasteiger partial charge in [0, 0.05) is 10.0 Å². The van der Waals surface area contributed by atoms with E-state index in [0.717, 1.165) is 4.47 Å². The van der Waals surface area contributed by atoms with Crippen LogP contribution in [0.15, 0.2) is 53.0 Å². The summed E-state index contributed by atoms with van der Waals surface area (Å²) in [5.41, 5.74) is -0.0299. The van der Waals surface area contributed by atoms with Crippen LogP contribution in [0.3, 0.4) is 0 Å². The van der Waals surface area contributed by atoms with Crippen molar-refractivity contribution >= 4 is 21.7 Å². The lowest BCUT2D eigenvalue weighted by molar-refractivity contribution is -0.210. The Morgan fingerprint density at radius 2 is 1.67 bits per heavy atom. The Bertz CT molecular complexity index is 706. The van der Waals surface area contributed by atoms with E-state index in [0.29, 0.717) is 16.9 Å². The van der Waals surface area contributed by atoms with E-state index >= 15 is 0 Å². The Hall–Kier alpha value is -1.65. The Morgan fingerprint density at radius 3 is 2.33 bits per heavy atom. The summed E-state index contributed by atoms with van der Waals surface area (Å²) >= 11 is 3.36. The van der Waals surface area contributed by atoms with Gasteiger partial charge in [0.2, 0.25) is 5.79 Å². The highest BCUT2D eigenvalue weighted by Crippen LogP contribution is 2.48. The number of hydrogen-bond donors (Lipinski definition) is 1. The molecule has 0 bridgehead atoms. The molecule has 0 amide bonds. The molecule has 1 N–H and O–H groups in total. The first-order chi connectivity index (χ1) is 9.86. The molecule has 0 radical (unpaired) electrons. The van der Waals surface area contributed by atoms with Crippen LogP contribution >= 0.6 is 15.9 Å². The van der Waals surface area contributed by atoms with E-state index in [2.05, 4.69) is 15.9 Å². The summed E-state index contributed by atoms with van der Waals surface area (Å²) in [5, 5.41) is 11.1. The zero-order valence-corrected chi connectivity index (χ0v) is 13.3. The van der Waals surface area contributed by atoms with Crippen molar-refractivity contribution in [2.75, 3.05) is 0 Å². The molecule has 2 aromatic rings. The molecular weight excluding hydrogens is 332 g/mol. The van der Waals surface area contributed by atoms with E-state index in [4.69, 9.17) is 4.74 Å². The molecule has 3 rings (SSSR count). The minimum atomic E-state index is -1.70. The van der Waals surface area contributed by atoms with Gasteiger partial charge in [-0.3, -0.25) is 4.79 Å². The first-order valence-electron chi connectivity index (χ1n) is 6.67. The van der Waals surface area contributed by atoms with Crippen molar-refractivity contribution in [1.82, 2.24) is 0 Å². The number of halogens is 1. The Balaban J connectivity index is 2.19. The van der Waals surface area contributed by atoms with Crippen molar-refractivity contribution in [1.29, 1.82) is 0 Å². The van der Waals surface area contributed by atoms with E-state index < -0.39 is 11.2 Å². The van der Waals surface area contributed by atoms with Gasteiger partial charge in [0.1, 0.15) is 5.75 Å². The van der Waals surface area contributed by atoms with Gasteiger partial charge < -0.3 is 9.84 Å². The molecule has 1 atom stereocenters. The molecule has 108 valence electrons. The van der Waals surface area contributed by atoms with Gasteiger partial charge in [-0.25, -0.2) is 0 Å². The topological polar surface area (TPSA) is 46.5 Å². The van der Waals surface area contributed by atoms with Crippen LogP contribution in [0.2, 0.25) is 0 Å². The lowest BCUT2D eigenvalue weighted by atomic mass is 9.71. The van der Waals surface area contributed by atoms with Crippen LogP contribution < -0.4 is 4.74 Å². The maximum Gasteiger partial charge on any atom is 0.247 e. The summed E-state index contributed by atoms with van der Waals surface area (Å²) < 4.78 is 6.75. The third-order valence-corrected chi connectivity index (χ3v) is 4.57. The second-order valence-corrected chi connectivity index (χ2v) is 6.62. The van der Waals surface area contributed by atoms with Crippen molar-refractivity contribution in [3.05, 3.63) is 64.1 Å². The molecule has 1 unspecified atom stereocenters. The number of carbonyl (C=O) groups is 1. The molecule has 0 saturated carbocycles. The largest absolute Gasteiger partial charge is 0.456 e. The molecule has 0 fully saturated rings. The molecule has 2 aromatic carbocycles. The maximum absolute atomic E-state index is 12.7. The van der Waals surface area contributed by atoms with Crippen molar-refractivity contribution in [2.24, 2.45) is 5.41 Å². The summed E-state index contributed by atoms with van der Waals surface area (Å²) in [6.07, 6.45) is 0. The van der Waals surface area contributed by atoms with Gasteiger partial charge >= 0.3 is 0 Å². The van der Waals surface area contributed by atoms with Crippen molar-refractivity contribution in [3.8, 4) is 5.75 Å². The van der Waals surface area contributed by atoms with Crippen LogP contribution in [0.4, 0.5) is 0 Å². The molecule has 1 heterocycles. The highest BCUT2D eigenvalue weighted by molar-refractivity contribution is 9.10. The molecule has 0 aromatic heterocycles. The Morgan fingerprint density at radius 1 is 1.05 bits per heavy atom. The molecule has 0 spiro atoms. The first kappa shape index (κ1) is 14.3. The number of rotatable bonds is 1. The number of carbonyl (C=O) groups excluding carboxylic acids is 1. The Kier molecular flexibility index (Phi) is 3.19. The Labute approximate surface area is 131 Å². The summed E-state index contributed by atoms with van der Waals surface area (Å²) in [6, 6.07) is 14.1. The molecule has 4 heteroatoms. The number of fused-ring (bicyclic) bond motifs is 1. The van der Waals surface area contributed by atoms with E-state index in [-0.39, 0.29) is 5.78 Å². The molecule has 21 heavy (non-hydrogen) atoms. The minimum Gasteiger partial charge on any atom is -0.456 e. The van der Waals surface area contributed by atoms with Gasteiger partial charge in [-0.15, -0.1) is 0 Å².